The second kappa shape index (κ2) is 7.47. The van der Waals surface area contributed by atoms with E-state index in [2.05, 4.69) is 63.9 Å². The van der Waals surface area contributed by atoms with E-state index in [0.717, 1.165) is 18.2 Å². The molecule has 4 heteroatoms. The van der Waals surface area contributed by atoms with E-state index >= 15 is 0 Å². The summed E-state index contributed by atoms with van der Waals surface area (Å²) in [5.74, 6) is 0.835. The lowest BCUT2D eigenvalue weighted by atomic mass is 9.64. The molecule has 1 aliphatic rings. The Hall–Kier alpha value is -2.36. The Morgan fingerprint density at radius 3 is 2.54 bits per heavy atom. The van der Waals surface area contributed by atoms with Crippen molar-refractivity contribution in [3.05, 3.63) is 65.5 Å². The molecule has 0 amide bonds. The maximum absolute atomic E-state index is 4.42. The summed E-state index contributed by atoms with van der Waals surface area (Å²) in [7, 11) is 1.82. The number of nitrogens with one attached hydrogen (secondary N) is 2. The molecule has 1 saturated carbocycles. The van der Waals surface area contributed by atoms with Crippen molar-refractivity contribution in [1.29, 1.82) is 0 Å². The molecule has 1 aromatic heterocycles. The first-order chi connectivity index (χ1) is 11.7. The van der Waals surface area contributed by atoms with E-state index in [1.807, 2.05) is 19.3 Å². The molecule has 0 aliphatic heterocycles. The number of aromatic nitrogens is 1. The Morgan fingerprint density at radius 2 is 1.92 bits per heavy atom. The van der Waals surface area contributed by atoms with E-state index in [-0.39, 0.29) is 5.41 Å². The summed E-state index contributed by atoms with van der Waals surface area (Å²) >= 11 is 0. The second-order valence-corrected chi connectivity index (χ2v) is 6.55. The van der Waals surface area contributed by atoms with Crippen LogP contribution in [0.15, 0.2) is 53.7 Å². The van der Waals surface area contributed by atoms with Crippen LogP contribution in [-0.4, -0.2) is 24.5 Å². The summed E-state index contributed by atoms with van der Waals surface area (Å²) in [6.07, 6.45) is 5.61. The number of benzene rings is 1. The highest BCUT2D eigenvalue weighted by molar-refractivity contribution is 5.79. The Bertz CT molecular complexity index is 690. The predicted molar refractivity (Wildman–Crippen MR) is 99.1 cm³/mol. The summed E-state index contributed by atoms with van der Waals surface area (Å²) in [6, 6.07) is 14.9. The van der Waals surface area contributed by atoms with Crippen LogP contribution in [0, 0.1) is 6.92 Å². The highest BCUT2D eigenvalue weighted by Crippen LogP contribution is 2.43. The molecule has 3 rings (SSSR count). The van der Waals surface area contributed by atoms with Crippen LogP contribution in [0.2, 0.25) is 0 Å². The average Bonchev–Trinajstić information content (AvgIpc) is 2.59. The fourth-order valence-corrected chi connectivity index (χ4v) is 3.31. The summed E-state index contributed by atoms with van der Waals surface area (Å²) < 4.78 is 0. The molecule has 126 valence electrons. The van der Waals surface area contributed by atoms with Crippen LogP contribution in [0.4, 0.5) is 0 Å². The van der Waals surface area contributed by atoms with Gasteiger partial charge in [-0.05, 0) is 37.0 Å². The average molecular weight is 322 g/mol. The number of nitrogens with zero attached hydrogens (tertiary/aromatic N) is 2. The number of pyridine rings is 1. The Morgan fingerprint density at radius 1 is 1.12 bits per heavy atom. The van der Waals surface area contributed by atoms with Crippen LogP contribution in [0.1, 0.15) is 36.1 Å². The van der Waals surface area contributed by atoms with Gasteiger partial charge >= 0.3 is 0 Å². The van der Waals surface area contributed by atoms with E-state index in [1.54, 1.807) is 0 Å². The van der Waals surface area contributed by atoms with Crippen LogP contribution in [-0.2, 0) is 12.0 Å². The van der Waals surface area contributed by atoms with Crippen molar-refractivity contribution in [3.63, 3.8) is 0 Å². The molecule has 1 aliphatic carbocycles. The predicted octanol–water partition coefficient (Wildman–Crippen LogP) is 3.18. The quantitative estimate of drug-likeness (QED) is 0.656. The van der Waals surface area contributed by atoms with Crippen molar-refractivity contribution in [2.45, 2.75) is 38.1 Å². The molecule has 4 nitrogen and oxygen atoms in total. The molecule has 1 heterocycles. The molecular formula is C20H26N4. The normalized spacial score (nSPS) is 16.3. The van der Waals surface area contributed by atoms with Gasteiger partial charge in [0.25, 0.3) is 0 Å². The van der Waals surface area contributed by atoms with E-state index in [1.165, 1.54) is 30.4 Å². The standard InChI is InChI=1S/C20H26N4/c1-16-8-6-13-22-18(16)14-23-19(21-2)24-15-20(11-7-12-20)17-9-4-3-5-10-17/h3-6,8-10,13H,7,11-12,14-15H2,1-2H3,(H2,21,23,24). The van der Waals surface area contributed by atoms with Gasteiger partial charge in [-0.2, -0.15) is 0 Å². The molecule has 0 saturated heterocycles. The third kappa shape index (κ3) is 3.58. The third-order valence-electron chi connectivity index (χ3n) is 5.06. The number of guanidine groups is 1. The van der Waals surface area contributed by atoms with Crippen LogP contribution in [0.5, 0.6) is 0 Å². The highest BCUT2D eigenvalue weighted by atomic mass is 15.2. The summed E-state index contributed by atoms with van der Waals surface area (Å²) in [5, 5.41) is 6.89. The fraction of sp³-hybridized carbons (Fsp3) is 0.400. The molecule has 0 spiro atoms. The minimum atomic E-state index is 0.250. The van der Waals surface area contributed by atoms with Gasteiger partial charge < -0.3 is 10.6 Å². The molecule has 1 aromatic carbocycles. The number of rotatable bonds is 5. The van der Waals surface area contributed by atoms with Gasteiger partial charge in [0.15, 0.2) is 5.96 Å². The van der Waals surface area contributed by atoms with Gasteiger partial charge in [-0.25, -0.2) is 0 Å². The smallest absolute Gasteiger partial charge is 0.191 e. The molecule has 1 fully saturated rings. The van der Waals surface area contributed by atoms with Crippen molar-refractivity contribution < 1.29 is 0 Å². The van der Waals surface area contributed by atoms with Crippen molar-refractivity contribution >= 4 is 5.96 Å². The molecule has 0 atom stereocenters. The molecule has 0 radical (unpaired) electrons. The first-order valence-corrected chi connectivity index (χ1v) is 8.64. The molecule has 0 unspecified atom stereocenters. The van der Waals surface area contributed by atoms with Gasteiger partial charge in [-0.3, -0.25) is 9.98 Å². The van der Waals surface area contributed by atoms with Crippen molar-refractivity contribution in [2.24, 2.45) is 4.99 Å². The fourth-order valence-electron chi connectivity index (χ4n) is 3.31. The summed E-state index contributed by atoms with van der Waals surface area (Å²) in [5.41, 5.74) is 3.93. The van der Waals surface area contributed by atoms with E-state index in [4.69, 9.17) is 0 Å². The minimum Gasteiger partial charge on any atom is -0.356 e. The maximum Gasteiger partial charge on any atom is 0.191 e. The van der Waals surface area contributed by atoms with Crippen molar-refractivity contribution in [3.8, 4) is 0 Å². The first-order valence-electron chi connectivity index (χ1n) is 8.64. The topological polar surface area (TPSA) is 49.3 Å². The summed E-state index contributed by atoms with van der Waals surface area (Å²) in [6.45, 7) is 3.68. The lowest BCUT2D eigenvalue weighted by molar-refractivity contribution is 0.244. The lowest BCUT2D eigenvalue weighted by Crippen LogP contribution is -2.48. The molecule has 24 heavy (non-hydrogen) atoms. The van der Waals surface area contributed by atoms with Crippen LogP contribution >= 0.6 is 0 Å². The monoisotopic (exact) mass is 322 g/mol. The zero-order valence-corrected chi connectivity index (χ0v) is 14.5. The minimum absolute atomic E-state index is 0.250. The van der Waals surface area contributed by atoms with Gasteiger partial charge in [-0.1, -0.05) is 42.8 Å². The highest BCUT2D eigenvalue weighted by Gasteiger charge is 2.38. The van der Waals surface area contributed by atoms with E-state index in [0.29, 0.717) is 6.54 Å². The third-order valence-corrected chi connectivity index (χ3v) is 5.06. The van der Waals surface area contributed by atoms with Crippen LogP contribution in [0.3, 0.4) is 0 Å². The van der Waals surface area contributed by atoms with Gasteiger partial charge in [0.05, 0.1) is 12.2 Å². The Labute approximate surface area is 144 Å². The lowest BCUT2D eigenvalue weighted by Gasteiger charge is -2.43. The van der Waals surface area contributed by atoms with E-state index in [9.17, 15) is 0 Å². The zero-order chi connectivity index (χ0) is 16.8. The molecule has 0 bridgehead atoms. The second-order valence-electron chi connectivity index (χ2n) is 6.55. The van der Waals surface area contributed by atoms with Crippen LogP contribution in [0.25, 0.3) is 0 Å². The largest absolute Gasteiger partial charge is 0.356 e. The first kappa shape index (κ1) is 16.5. The van der Waals surface area contributed by atoms with Crippen molar-refractivity contribution in [1.82, 2.24) is 15.6 Å². The van der Waals surface area contributed by atoms with Gasteiger partial charge in [0, 0.05) is 25.2 Å². The number of hydrogen-bond acceptors (Lipinski definition) is 2. The Kier molecular flexibility index (Phi) is 5.14. The van der Waals surface area contributed by atoms with Gasteiger partial charge in [0.1, 0.15) is 0 Å². The zero-order valence-electron chi connectivity index (χ0n) is 14.5. The number of aryl methyl sites for hydroxylation is 1. The SMILES string of the molecule is CN=C(NCc1ncccc1C)NCC1(c2ccccc2)CCC1. The number of hydrogen-bond donors (Lipinski definition) is 2. The summed E-state index contributed by atoms with van der Waals surface area (Å²) in [4.78, 5) is 8.78. The Balaban J connectivity index is 1.59. The van der Waals surface area contributed by atoms with Gasteiger partial charge in [-0.15, -0.1) is 0 Å². The van der Waals surface area contributed by atoms with Crippen LogP contribution < -0.4 is 10.6 Å². The molecule has 2 N–H and O–H groups in total. The number of aliphatic imine (C=N–C) groups is 1. The van der Waals surface area contributed by atoms with Gasteiger partial charge in [0.2, 0.25) is 0 Å². The van der Waals surface area contributed by atoms with E-state index < -0.39 is 0 Å². The molecule has 2 aromatic rings. The van der Waals surface area contributed by atoms with Crippen molar-refractivity contribution in [2.75, 3.05) is 13.6 Å². The maximum atomic E-state index is 4.42. The molecular weight excluding hydrogens is 296 g/mol.